The van der Waals surface area contributed by atoms with Crippen LogP contribution >= 0.6 is 0 Å². The molecule has 1 heterocycles. The molecule has 10 heteroatoms. The number of benzene rings is 1. The van der Waals surface area contributed by atoms with Gasteiger partial charge in [0.2, 0.25) is 0 Å². The quantitative estimate of drug-likeness (QED) is 0.524. The van der Waals surface area contributed by atoms with E-state index < -0.39 is 23.9 Å². The number of nitrogens with zero attached hydrogens (tertiary/aromatic N) is 2. The summed E-state index contributed by atoms with van der Waals surface area (Å²) < 4.78 is 1.18. The van der Waals surface area contributed by atoms with Crippen LogP contribution in [0.15, 0.2) is 29.1 Å². The van der Waals surface area contributed by atoms with E-state index in [9.17, 15) is 19.2 Å². The third kappa shape index (κ3) is 4.45. The van der Waals surface area contributed by atoms with Gasteiger partial charge in [0.1, 0.15) is 6.04 Å². The van der Waals surface area contributed by atoms with Gasteiger partial charge in [-0.15, -0.1) is 0 Å². The summed E-state index contributed by atoms with van der Waals surface area (Å²) in [5.41, 5.74) is 9.38. The van der Waals surface area contributed by atoms with Gasteiger partial charge in [-0.25, -0.2) is 9.48 Å². The van der Waals surface area contributed by atoms with Crippen molar-refractivity contribution in [1.82, 2.24) is 25.9 Å². The van der Waals surface area contributed by atoms with Crippen LogP contribution in [0.3, 0.4) is 0 Å². The summed E-state index contributed by atoms with van der Waals surface area (Å²) in [6, 6.07) is 4.85. The Hall–Kier alpha value is -3.43. The summed E-state index contributed by atoms with van der Waals surface area (Å²) in [5, 5.41) is 7.18. The minimum Gasteiger partial charge on any atom is -0.352 e. The van der Waals surface area contributed by atoms with Crippen molar-refractivity contribution in [1.29, 1.82) is 0 Å². The molecule has 0 aliphatic rings. The van der Waals surface area contributed by atoms with E-state index in [1.807, 2.05) is 6.92 Å². The Morgan fingerprint density at radius 3 is 2.36 bits per heavy atom. The van der Waals surface area contributed by atoms with Crippen LogP contribution in [0, 0.1) is 5.92 Å². The second-order valence-electron chi connectivity index (χ2n) is 6.33. The zero-order chi connectivity index (χ0) is 20.8. The fraction of sp³-hybridized carbons (Fsp3) is 0.389. The van der Waals surface area contributed by atoms with Gasteiger partial charge in [-0.2, -0.15) is 5.10 Å². The van der Waals surface area contributed by atoms with Gasteiger partial charge in [0.15, 0.2) is 5.69 Å². The molecule has 0 saturated carbocycles. The molecule has 4 amide bonds. The van der Waals surface area contributed by atoms with Gasteiger partial charge < -0.3 is 11.1 Å². The van der Waals surface area contributed by atoms with Gasteiger partial charge in [-0.05, 0) is 18.9 Å². The predicted octanol–water partition coefficient (Wildman–Crippen LogP) is 0.260. The number of urea groups is 1. The third-order valence-electron chi connectivity index (χ3n) is 4.47. The predicted molar refractivity (Wildman–Crippen MR) is 103 cm³/mol. The molecule has 1 aromatic carbocycles. The number of aryl methyl sites for hydroxylation is 1. The highest BCUT2D eigenvalue weighted by Gasteiger charge is 2.26. The van der Waals surface area contributed by atoms with Crippen LogP contribution < -0.4 is 27.5 Å². The number of rotatable bonds is 6. The molecule has 2 atom stereocenters. The van der Waals surface area contributed by atoms with Gasteiger partial charge in [-0.1, -0.05) is 38.5 Å². The van der Waals surface area contributed by atoms with E-state index in [0.717, 1.165) is 0 Å². The van der Waals surface area contributed by atoms with Crippen LogP contribution in [0.25, 0.3) is 10.8 Å². The first-order valence-corrected chi connectivity index (χ1v) is 8.96. The Labute approximate surface area is 161 Å². The van der Waals surface area contributed by atoms with E-state index in [-0.39, 0.29) is 23.7 Å². The number of primary amides is 1. The van der Waals surface area contributed by atoms with Crippen LogP contribution in [0.1, 0.15) is 37.7 Å². The first-order chi connectivity index (χ1) is 13.3. The fourth-order valence-corrected chi connectivity index (χ4v) is 2.73. The average molecular weight is 388 g/mol. The molecule has 150 valence electrons. The number of carbonyl (C=O) groups excluding carboxylic acids is 3. The van der Waals surface area contributed by atoms with E-state index in [1.165, 1.54) is 4.68 Å². The molecule has 0 aliphatic carbocycles. The van der Waals surface area contributed by atoms with Crippen LogP contribution in [0.4, 0.5) is 4.79 Å². The molecular weight excluding hydrogens is 364 g/mol. The molecule has 0 bridgehead atoms. The topological polar surface area (TPSA) is 148 Å². The summed E-state index contributed by atoms with van der Waals surface area (Å²) >= 11 is 0. The molecule has 0 aliphatic heterocycles. The van der Waals surface area contributed by atoms with Gasteiger partial charge in [0.25, 0.3) is 17.4 Å². The molecule has 0 spiro atoms. The number of fused-ring (bicyclic) bond motifs is 1. The molecule has 1 aromatic heterocycles. The average Bonchev–Trinajstić information content (AvgIpc) is 2.69. The zero-order valence-electron chi connectivity index (χ0n) is 16.0. The number of hydrogen-bond donors (Lipinski definition) is 4. The lowest BCUT2D eigenvalue weighted by Gasteiger charge is -2.22. The highest BCUT2D eigenvalue weighted by Crippen LogP contribution is 2.13. The van der Waals surface area contributed by atoms with Gasteiger partial charge in [0.05, 0.1) is 5.39 Å². The Balaban J connectivity index is 2.25. The van der Waals surface area contributed by atoms with Crippen molar-refractivity contribution < 1.29 is 14.4 Å². The molecule has 28 heavy (non-hydrogen) atoms. The SMILES string of the molecule is CC[C@@H](C)[C@H](NC(N)=O)C(=O)NNC(=O)c1nn(CC)c(=O)c2ccccc12. The second kappa shape index (κ2) is 8.98. The summed E-state index contributed by atoms with van der Waals surface area (Å²) in [6.07, 6.45) is 0.611. The van der Waals surface area contributed by atoms with Crippen molar-refractivity contribution in [2.45, 2.75) is 39.8 Å². The molecule has 0 fully saturated rings. The minimum absolute atomic E-state index is 0.000278. The monoisotopic (exact) mass is 388 g/mol. The molecule has 10 nitrogen and oxygen atoms in total. The van der Waals surface area contributed by atoms with Crippen molar-refractivity contribution >= 4 is 28.6 Å². The van der Waals surface area contributed by atoms with E-state index in [1.54, 1.807) is 38.1 Å². The van der Waals surface area contributed by atoms with Gasteiger partial charge in [-0.3, -0.25) is 25.2 Å². The molecule has 2 rings (SSSR count). The van der Waals surface area contributed by atoms with Crippen molar-refractivity contribution in [2.24, 2.45) is 11.7 Å². The Morgan fingerprint density at radius 1 is 1.14 bits per heavy atom. The number of nitrogens with two attached hydrogens (primary N) is 1. The largest absolute Gasteiger partial charge is 0.352 e. The van der Waals surface area contributed by atoms with Crippen LogP contribution in [-0.2, 0) is 11.3 Å². The smallest absolute Gasteiger partial charge is 0.312 e. The number of amides is 4. The number of hydrogen-bond acceptors (Lipinski definition) is 5. The second-order valence-corrected chi connectivity index (χ2v) is 6.33. The van der Waals surface area contributed by atoms with E-state index in [2.05, 4.69) is 21.3 Å². The number of carbonyl (C=O) groups is 3. The molecule has 2 aromatic rings. The molecule has 0 radical (unpaired) electrons. The maximum absolute atomic E-state index is 12.6. The number of hydrazine groups is 1. The normalized spacial score (nSPS) is 12.8. The maximum Gasteiger partial charge on any atom is 0.312 e. The zero-order valence-corrected chi connectivity index (χ0v) is 16.0. The molecular formula is C18H24N6O4. The Morgan fingerprint density at radius 2 is 1.79 bits per heavy atom. The number of nitrogens with one attached hydrogen (secondary N) is 3. The summed E-state index contributed by atoms with van der Waals surface area (Å²) in [7, 11) is 0. The molecule has 0 saturated heterocycles. The minimum atomic E-state index is -0.905. The highest BCUT2D eigenvalue weighted by atomic mass is 16.2. The van der Waals surface area contributed by atoms with E-state index in [4.69, 9.17) is 5.73 Å². The van der Waals surface area contributed by atoms with Crippen molar-refractivity contribution in [2.75, 3.05) is 0 Å². The van der Waals surface area contributed by atoms with E-state index in [0.29, 0.717) is 17.2 Å². The Bertz CT molecular complexity index is 955. The lowest BCUT2D eigenvalue weighted by Crippen LogP contribution is -2.55. The fourth-order valence-electron chi connectivity index (χ4n) is 2.73. The Kier molecular flexibility index (Phi) is 6.69. The first kappa shape index (κ1) is 20.9. The lowest BCUT2D eigenvalue weighted by atomic mass is 9.99. The van der Waals surface area contributed by atoms with Crippen molar-refractivity contribution in [3.63, 3.8) is 0 Å². The van der Waals surface area contributed by atoms with Crippen molar-refractivity contribution in [3.05, 3.63) is 40.3 Å². The first-order valence-electron chi connectivity index (χ1n) is 8.96. The van der Waals surface area contributed by atoms with Gasteiger partial charge >= 0.3 is 6.03 Å². The summed E-state index contributed by atoms with van der Waals surface area (Å²) in [6.45, 7) is 5.65. The lowest BCUT2D eigenvalue weighted by molar-refractivity contribution is -0.124. The number of aromatic nitrogens is 2. The third-order valence-corrected chi connectivity index (χ3v) is 4.47. The molecule has 5 N–H and O–H groups in total. The van der Waals surface area contributed by atoms with Crippen LogP contribution in [-0.4, -0.2) is 33.7 Å². The summed E-state index contributed by atoms with van der Waals surface area (Å²) in [5.74, 6) is -1.51. The van der Waals surface area contributed by atoms with E-state index >= 15 is 0 Å². The van der Waals surface area contributed by atoms with Crippen LogP contribution in [0.5, 0.6) is 0 Å². The standard InChI is InChI=1S/C18H24N6O4/c1-4-10(3)13(20-18(19)28)15(25)21-22-16(26)14-11-8-6-7-9-12(11)17(27)24(5-2)23-14/h6-10,13H,4-5H2,1-3H3,(H,21,25)(H,22,26)(H3,19,20,28)/t10-,13+/m1/s1. The maximum atomic E-state index is 12.6. The molecule has 0 unspecified atom stereocenters. The highest BCUT2D eigenvalue weighted by molar-refractivity contribution is 6.05. The van der Waals surface area contributed by atoms with Crippen molar-refractivity contribution in [3.8, 4) is 0 Å². The summed E-state index contributed by atoms with van der Waals surface area (Å²) in [4.78, 5) is 48.5. The van der Waals surface area contributed by atoms with Gasteiger partial charge in [0, 0.05) is 11.9 Å². The van der Waals surface area contributed by atoms with Crippen LogP contribution in [0.2, 0.25) is 0 Å².